The number of amides is 2. The summed E-state index contributed by atoms with van der Waals surface area (Å²) in [5.41, 5.74) is 0.673. The Morgan fingerprint density at radius 3 is 2.15 bits per heavy atom. The molecular formula is C25H20N2O6S. The maximum absolute atomic E-state index is 13.0. The molecule has 0 aliphatic carbocycles. The standard InChI is InChI=1S/C25H20N2O6S/c1-32-24(28)22-14-12-20(27-25(29)26-19-9-3-2-4-10-19)16-23(22)33-34(30,31)21-13-11-17-7-5-6-8-18(17)15-21/h2-16H,1H3,(H2,26,27,29). The van der Waals surface area contributed by atoms with Gasteiger partial charge in [-0.2, -0.15) is 8.42 Å². The van der Waals surface area contributed by atoms with Crippen LogP contribution in [0.4, 0.5) is 16.2 Å². The molecule has 2 amide bonds. The number of hydrogen-bond acceptors (Lipinski definition) is 6. The number of urea groups is 1. The highest BCUT2D eigenvalue weighted by atomic mass is 32.2. The second-order valence-corrected chi connectivity index (χ2v) is 8.74. The Hall–Kier alpha value is -4.37. The Morgan fingerprint density at radius 2 is 1.41 bits per heavy atom. The smallest absolute Gasteiger partial charge is 0.341 e. The molecule has 0 spiro atoms. The summed E-state index contributed by atoms with van der Waals surface area (Å²) in [6.07, 6.45) is 0. The minimum absolute atomic E-state index is 0.0813. The van der Waals surface area contributed by atoms with Crippen LogP contribution in [-0.2, 0) is 14.9 Å². The Bertz CT molecular complexity index is 1470. The summed E-state index contributed by atoms with van der Waals surface area (Å²) in [4.78, 5) is 24.5. The lowest BCUT2D eigenvalue weighted by Crippen LogP contribution is -2.20. The minimum Gasteiger partial charge on any atom is -0.465 e. The number of rotatable bonds is 6. The van der Waals surface area contributed by atoms with Crippen LogP contribution in [0.25, 0.3) is 10.8 Å². The van der Waals surface area contributed by atoms with Crippen LogP contribution in [0.2, 0.25) is 0 Å². The Balaban J connectivity index is 1.62. The van der Waals surface area contributed by atoms with E-state index in [0.29, 0.717) is 11.1 Å². The Morgan fingerprint density at radius 1 is 0.735 bits per heavy atom. The molecule has 0 aromatic heterocycles. The van der Waals surface area contributed by atoms with E-state index in [1.165, 1.54) is 37.4 Å². The van der Waals surface area contributed by atoms with E-state index in [1.54, 1.807) is 42.5 Å². The first kappa shape index (κ1) is 22.8. The van der Waals surface area contributed by atoms with Gasteiger partial charge < -0.3 is 19.6 Å². The van der Waals surface area contributed by atoms with E-state index in [2.05, 4.69) is 10.6 Å². The van der Waals surface area contributed by atoms with Crippen LogP contribution < -0.4 is 14.8 Å². The molecule has 0 unspecified atom stereocenters. The molecular weight excluding hydrogens is 456 g/mol. The molecule has 0 aliphatic rings. The van der Waals surface area contributed by atoms with Crippen LogP contribution in [0.1, 0.15) is 10.4 Å². The van der Waals surface area contributed by atoms with Crippen LogP contribution >= 0.6 is 0 Å². The number of ether oxygens (including phenoxy) is 1. The van der Waals surface area contributed by atoms with Gasteiger partial charge in [0.2, 0.25) is 0 Å². The van der Waals surface area contributed by atoms with Gasteiger partial charge in [-0.1, -0.05) is 48.5 Å². The number of nitrogens with one attached hydrogen (secondary N) is 2. The third kappa shape index (κ3) is 5.16. The van der Waals surface area contributed by atoms with E-state index >= 15 is 0 Å². The summed E-state index contributed by atoms with van der Waals surface area (Å²) in [6, 6.07) is 24.1. The van der Waals surface area contributed by atoms with Gasteiger partial charge >= 0.3 is 22.1 Å². The van der Waals surface area contributed by atoms with Gasteiger partial charge in [-0.3, -0.25) is 0 Å². The predicted molar refractivity (Wildman–Crippen MR) is 129 cm³/mol. The SMILES string of the molecule is COC(=O)c1ccc(NC(=O)Nc2ccccc2)cc1OS(=O)(=O)c1ccc2ccccc2c1. The summed E-state index contributed by atoms with van der Waals surface area (Å²) in [7, 11) is -3.13. The molecule has 0 atom stereocenters. The number of benzene rings is 4. The van der Waals surface area contributed by atoms with E-state index in [0.717, 1.165) is 5.39 Å². The van der Waals surface area contributed by atoms with Gasteiger partial charge in [0.1, 0.15) is 10.5 Å². The zero-order valence-electron chi connectivity index (χ0n) is 18.0. The normalized spacial score (nSPS) is 11.0. The van der Waals surface area contributed by atoms with Gasteiger partial charge in [-0.25, -0.2) is 9.59 Å². The molecule has 2 N–H and O–H groups in total. The van der Waals surface area contributed by atoms with Gasteiger partial charge in [0.15, 0.2) is 5.75 Å². The number of fused-ring (bicyclic) bond motifs is 1. The Kier molecular flexibility index (Phi) is 6.46. The van der Waals surface area contributed by atoms with Crippen molar-refractivity contribution in [3.8, 4) is 5.75 Å². The summed E-state index contributed by atoms with van der Waals surface area (Å²) >= 11 is 0. The van der Waals surface area contributed by atoms with E-state index in [4.69, 9.17) is 8.92 Å². The molecule has 8 nitrogen and oxygen atoms in total. The fourth-order valence-corrected chi connectivity index (χ4v) is 4.23. The maximum Gasteiger partial charge on any atom is 0.341 e. The van der Waals surface area contributed by atoms with Crippen molar-refractivity contribution < 1.29 is 26.9 Å². The van der Waals surface area contributed by atoms with Gasteiger partial charge in [-0.15, -0.1) is 0 Å². The minimum atomic E-state index is -4.30. The van der Waals surface area contributed by atoms with Crippen LogP contribution in [0.3, 0.4) is 0 Å². The number of carbonyl (C=O) groups is 2. The maximum atomic E-state index is 13.0. The molecule has 172 valence electrons. The highest BCUT2D eigenvalue weighted by molar-refractivity contribution is 7.87. The number of methoxy groups -OCH3 is 1. The number of para-hydroxylation sites is 1. The molecule has 0 aliphatic heterocycles. The van der Waals surface area contributed by atoms with Crippen molar-refractivity contribution in [1.29, 1.82) is 0 Å². The van der Waals surface area contributed by atoms with Crippen molar-refractivity contribution in [3.05, 3.63) is 96.6 Å². The predicted octanol–water partition coefficient (Wildman–Crippen LogP) is 5.04. The van der Waals surface area contributed by atoms with Gasteiger partial charge in [0.05, 0.1) is 7.11 Å². The lowest BCUT2D eigenvalue weighted by molar-refractivity contribution is 0.0599. The zero-order valence-corrected chi connectivity index (χ0v) is 18.8. The summed E-state index contributed by atoms with van der Waals surface area (Å²) in [6.45, 7) is 0. The molecule has 4 aromatic rings. The lowest BCUT2D eigenvalue weighted by Gasteiger charge is -2.13. The first-order valence-electron chi connectivity index (χ1n) is 10.1. The number of esters is 1. The molecule has 0 radical (unpaired) electrons. The summed E-state index contributed by atoms with van der Waals surface area (Å²) < 4.78 is 36.1. The highest BCUT2D eigenvalue weighted by Crippen LogP contribution is 2.29. The Labute approximate surface area is 196 Å². The van der Waals surface area contributed by atoms with Gasteiger partial charge in [-0.05, 0) is 47.2 Å². The van der Waals surface area contributed by atoms with Gasteiger partial charge in [0, 0.05) is 17.4 Å². The zero-order chi connectivity index (χ0) is 24.1. The molecule has 9 heteroatoms. The quantitative estimate of drug-likeness (QED) is 0.298. The number of hydrogen-bond donors (Lipinski definition) is 2. The first-order chi connectivity index (χ1) is 16.4. The molecule has 4 aromatic carbocycles. The van der Waals surface area contributed by atoms with Gasteiger partial charge in [0.25, 0.3) is 0 Å². The largest absolute Gasteiger partial charge is 0.465 e. The summed E-state index contributed by atoms with van der Waals surface area (Å²) in [5, 5.41) is 6.82. The van der Waals surface area contributed by atoms with Crippen LogP contribution in [0.5, 0.6) is 5.75 Å². The second kappa shape index (κ2) is 9.63. The number of carbonyl (C=O) groups excluding carboxylic acids is 2. The fourth-order valence-electron chi connectivity index (χ4n) is 3.25. The van der Waals surface area contributed by atoms with Crippen molar-refractivity contribution in [2.75, 3.05) is 17.7 Å². The third-order valence-electron chi connectivity index (χ3n) is 4.89. The average Bonchev–Trinajstić information content (AvgIpc) is 2.83. The van der Waals surface area contributed by atoms with E-state index < -0.39 is 22.1 Å². The average molecular weight is 477 g/mol. The molecule has 34 heavy (non-hydrogen) atoms. The van der Waals surface area contributed by atoms with Crippen LogP contribution in [0.15, 0.2) is 95.9 Å². The topological polar surface area (TPSA) is 111 Å². The second-order valence-electron chi connectivity index (χ2n) is 7.19. The van der Waals surface area contributed by atoms with E-state index in [1.807, 2.05) is 18.2 Å². The van der Waals surface area contributed by atoms with E-state index in [9.17, 15) is 18.0 Å². The molecule has 0 fully saturated rings. The van der Waals surface area contributed by atoms with Crippen molar-refractivity contribution >= 4 is 44.3 Å². The molecule has 0 heterocycles. The first-order valence-corrected chi connectivity index (χ1v) is 11.6. The van der Waals surface area contributed by atoms with Crippen molar-refractivity contribution in [2.24, 2.45) is 0 Å². The monoisotopic (exact) mass is 476 g/mol. The van der Waals surface area contributed by atoms with Crippen molar-refractivity contribution in [2.45, 2.75) is 4.90 Å². The van der Waals surface area contributed by atoms with E-state index in [-0.39, 0.29) is 21.9 Å². The molecule has 4 rings (SSSR count). The summed E-state index contributed by atoms with van der Waals surface area (Å²) in [5.74, 6) is -1.07. The molecule has 0 bridgehead atoms. The number of anilines is 2. The van der Waals surface area contributed by atoms with Crippen molar-refractivity contribution in [3.63, 3.8) is 0 Å². The lowest BCUT2D eigenvalue weighted by atomic mass is 10.1. The molecule has 0 saturated heterocycles. The van der Waals surface area contributed by atoms with Crippen LogP contribution in [-0.4, -0.2) is 27.5 Å². The van der Waals surface area contributed by atoms with Crippen molar-refractivity contribution in [1.82, 2.24) is 0 Å². The fraction of sp³-hybridized carbons (Fsp3) is 0.0400. The van der Waals surface area contributed by atoms with Crippen LogP contribution in [0, 0.1) is 0 Å². The third-order valence-corrected chi connectivity index (χ3v) is 6.12. The molecule has 0 saturated carbocycles. The highest BCUT2D eigenvalue weighted by Gasteiger charge is 2.23.